The fourth-order valence-corrected chi connectivity index (χ4v) is 1.03. The Kier molecular flexibility index (Phi) is 5.50. The summed E-state index contributed by atoms with van der Waals surface area (Å²) in [7, 11) is 2.11. The molecule has 1 heteroatoms. The van der Waals surface area contributed by atoms with Gasteiger partial charge >= 0.3 is 0 Å². The van der Waals surface area contributed by atoms with Gasteiger partial charge in [0.1, 0.15) is 0 Å². The van der Waals surface area contributed by atoms with Gasteiger partial charge in [0.05, 0.1) is 0 Å². The topological polar surface area (TPSA) is 0 Å². The SMILES string of the molecule is CCCCCC(C)[SiH2]. The third-order valence-electron chi connectivity index (χ3n) is 1.30. The smallest absolute Gasteiger partial charge is 0.0118 e. The molecule has 0 saturated heterocycles. The molecule has 1 unspecified atom stereocenters. The first-order valence-electron chi connectivity index (χ1n) is 3.60. The molecule has 0 aliphatic heterocycles. The maximum Gasteiger partial charge on any atom is 0.0118 e. The maximum atomic E-state index is 2.30. The van der Waals surface area contributed by atoms with E-state index in [-0.39, 0.29) is 0 Å². The van der Waals surface area contributed by atoms with Crippen LogP contribution in [0.2, 0.25) is 5.54 Å². The summed E-state index contributed by atoms with van der Waals surface area (Å²) in [5.41, 5.74) is 0.932. The van der Waals surface area contributed by atoms with Crippen LogP contribution in [-0.2, 0) is 0 Å². The van der Waals surface area contributed by atoms with Crippen LogP contribution in [0.3, 0.4) is 0 Å². The lowest BCUT2D eigenvalue weighted by atomic mass is 10.2. The normalized spacial score (nSPS) is 13.9. The maximum absolute atomic E-state index is 2.30. The molecule has 1 radical (unpaired) electrons. The highest BCUT2D eigenvalue weighted by atomic mass is 28.1. The Morgan fingerprint density at radius 2 is 2.00 bits per heavy atom. The van der Waals surface area contributed by atoms with Crippen LogP contribution in [0, 0.1) is 0 Å². The van der Waals surface area contributed by atoms with Crippen molar-refractivity contribution in [3.63, 3.8) is 0 Å². The van der Waals surface area contributed by atoms with E-state index in [1.54, 1.807) is 0 Å². The lowest BCUT2D eigenvalue weighted by Gasteiger charge is -2.00. The first-order valence-corrected chi connectivity index (χ1v) is 4.42. The Labute approximate surface area is 56.1 Å². The molecule has 0 aliphatic carbocycles. The summed E-state index contributed by atoms with van der Waals surface area (Å²) >= 11 is 0. The summed E-state index contributed by atoms with van der Waals surface area (Å²) < 4.78 is 0. The van der Waals surface area contributed by atoms with E-state index in [1.165, 1.54) is 25.7 Å². The van der Waals surface area contributed by atoms with Crippen LogP contribution in [0.25, 0.3) is 0 Å². The molecule has 1 atom stereocenters. The molecule has 0 N–H and O–H groups in total. The first-order chi connectivity index (χ1) is 3.77. The van der Waals surface area contributed by atoms with Crippen molar-refractivity contribution >= 4 is 10.2 Å². The molecule has 0 nitrogen and oxygen atoms in total. The summed E-state index contributed by atoms with van der Waals surface area (Å²) in [6.45, 7) is 4.55. The van der Waals surface area contributed by atoms with Crippen molar-refractivity contribution < 1.29 is 0 Å². The standard InChI is InChI=1S/C7H17Si/c1-3-4-5-6-7(2)8/h7H,3-6,8H2,1-2H3. The van der Waals surface area contributed by atoms with Crippen molar-refractivity contribution in [1.82, 2.24) is 0 Å². The zero-order valence-electron chi connectivity index (χ0n) is 6.11. The van der Waals surface area contributed by atoms with Crippen LogP contribution >= 0.6 is 0 Å². The molecule has 0 saturated carbocycles. The fourth-order valence-electron chi connectivity index (χ4n) is 0.743. The highest BCUT2D eigenvalue weighted by Crippen LogP contribution is 2.09. The van der Waals surface area contributed by atoms with E-state index in [2.05, 4.69) is 24.1 Å². The van der Waals surface area contributed by atoms with E-state index in [4.69, 9.17) is 0 Å². The minimum Gasteiger partial charge on any atom is -0.0657 e. The largest absolute Gasteiger partial charge is 0.0657 e. The first kappa shape index (κ1) is 8.22. The van der Waals surface area contributed by atoms with Gasteiger partial charge in [-0.05, 0) is 0 Å². The number of rotatable bonds is 4. The van der Waals surface area contributed by atoms with Gasteiger partial charge in [0, 0.05) is 10.2 Å². The predicted molar refractivity (Wildman–Crippen MR) is 42.1 cm³/mol. The third-order valence-corrected chi connectivity index (χ3v) is 1.71. The quantitative estimate of drug-likeness (QED) is 0.402. The van der Waals surface area contributed by atoms with Crippen LogP contribution in [-0.4, -0.2) is 10.2 Å². The third kappa shape index (κ3) is 6.22. The van der Waals surface area contributed by atoms with E-state index in [1.807, 2.05) is 0 Å². The van der Waals surface area contributed by atoms with E-state index < -0.39 is 0 Å². The van der Waals surface area contributed by atoms with E-state index in [0.717, 1.165) is 5.54 Å². The molecular formula is C7H17Si. The minimum absolute atomic E-state index is 0.932. The fraction of sp³-hybridized carbons (Fsp3) is 1.00. The van der Waals surface area contributed by atoms with Crippen LogP contribution in [0.5, 0.6) is 0 Å². The molecule has 49 valence electrons. The highest BCUT2D eigenvalue weighted by Gasteiger charge is 1.90. The molecule has 0 aromatic rings. The van der Waals surface area contributed by atoms with Crippen LogP contribution in [0.4, 0.5) is 0 Å². The van der Waals surface area contributed by atoms with Gasteiger partial charge < -0.3 is 0 Å². The average Bonchev–Trinajstić information content (AvgIpc) is 1.66. The van der Waals surface area contributed by atoms with Gasteiger partial charge in [0.25, 0.3) is 0 Å². The molecule has 0 heterocycles. The summed E-state index contributed by atoms with van der Waals surface area (Å²) in [6.07, 6.45) is 5.63. The average molecular weight is 129 g/mol. The van der Waals surface area contributed by atoms with E-state index in [0.29, 0.717) is 0 Å². The van der Waals surface area contributed by atoms with Crippen molar-refractivity contribution in [2.75, 3.05) is 0 Å². The summed E-state index contributed by atoms with van der Waals surface area (Å²) in [4.78, 5) is 0. The van der Waals surface area contributed by atoms with E-state index in [9.17, 15) is 0 Å². The molecule has 0 aliphatic rings. The van der Waals surface area contributed by atoms with Crippen LogP contribution in [0.15, 0.2) is 0 Å². The molecule has 0 amide bonds. The molecule has 8 heavy (non-hydrogen) atoms. The Balaban J connectivity index is 2.72. The predicted octanol–water partition coefficient (Wildman–Crippen LogP) is 2.01. The number of unbranched alkanes of at least 4 members (excludes halogenated alkanes) is 2. The molecule has 0 rings (SSSR count). The van der Waals surface area contributed by atoms with Gasteiger partial charge in [-0.1, -0.05) is 45.1 Å². The molecule has 0 aromatic carbocycles. The summed E-state index contributed by atoms with van der Waals surface area (Å²) in [5, 5.41) is 0. The number of hydrogen-bond donors (Lipinski definition) is 0. The molecule has 0 fully saturated rings. The Morgan fingerprint density at radius 1 is 1.38 bits per heavy atom. The number of hydrogen-bond acceptors (Lipinski definition) is 0. The van der Waals surface area contributed by atoms with Crippen molar-refractivity contribution in [2.24, 2.45) is 0 Å². The van der Waals surface area contributed by atoms with Crippen molar-refractivity contribution in [3.8, 4) is 0 Å². The van der Waals surface area contributed by atoms with Gasteiger partial charge in [-0.3, -0.25) is 0 Å². The Morgan fingerprint density at radius 3 is 2.38 bits per heavy atom. The summed E-state index contributed by atoms with van der Waals surface area (Å²) in [5.74, 6) is 0. The second kappa shape index (κ2) is 5.36. The van der Waals surface area contributed by atoms with Crippen molar-refractivity contribution in [3.05, 3.63) is 0 Å². The van der Waals surface area contributed by atoms with Gasteiger partial charge in [-0.15, -0.1) is 0 Å². The second-order valence-electron chi connectivity index (χ2n) is 2.60. The monoisotopic (exact) mass is 129 g/mol. The van der Waals surface area contributed by atoms with Crippen molar-refractivity contribution in [1.29, 1.82) is 0 Å². The minimum atomic E-state index is 0.932. The lowest BCUT2D eigenvalue weighted by Crippen LogP contribution is -1.84. The van der Waals surface area contributed by atoms with Gasteiger partial charge in [0.15, 0.2) is 0 Å². The highest BCUT2D eigenvalue weighted by molar-refractivity contribution is 6.11. The zero-order chi connectivity index (χ0) is 6.41. The Hall–Kier alpha value is 0.217. The van der Waals surface area contributed by atoms with Gasteiger partial charge in [-0.2, -0.15) is 0 Å². The van der Waals surface area contributed by atoms with E-state index >= 15 is 0 Å². The molecule has 0 spiro atoms. The Bertz CT molecular complexity index is 41.7. The lowest BCUT2D eigenvalue weighted by molar-refractivity contribution is 0.655. The zero-order valence-corrected chi connectivity index (χ0v) is 7.53. The van der Waals surface area contributed by atoms with Gasteiger partial charge in [-0.25, -0.2) is 0 Å². The van der Waals surface area contributed by atoms with Crippen LogP contribution in [0.1, 0.15) is 39.5 Å². The van der Waals surface area contributed by atoms with Crippen molar-refractivity contribution in [2.45, 2.75) is 45.1 Å². The summed E-state index contributed by atoms with van der Waals surface area (Å²) in [6, 6.07) is 0. The molecular weight excluding hydrogens is 112 g/mol. The second-order valence-corrected chi connectivity index (χ2v) is 3.99. The van der Waals surface area contributed by atoms with Gasteiger partial charge in [0.2, 0.25) is 0 Å². The molecule has 0 bridgehead atoms. The van der Waals surface area contributed by atoms with Crippen LogP contribution < -0.4 is 0 Å². The molecule has 0 aromatic heterocycles.